The van der Waals surface area contributed by atoms with Crippen molar-refractivity contribution >= 4 is 29.3 Å². The average Bonchev–Trinajstić information content (AvgIpc) is 2.35. The Labute approximate surface area is 116 Å². The SMILES string of the molecule is C/C(=N/N=C(N)N)c1ccc(N=C(N)N=C(N)N)cc1. The zero-order valence-electron chi connectivity index (χ0n) is 11.0. The molecule has 1 aromatic carbocycles. The van der Waals surface area contributed by atoms with Gasteiger partial charge >= 0.3 is 0 Å². The number of aliphatic imine (C=N–C) groups is 2. The first-order valence-electron chi connectivity index (χ1n) is 5.56. The van der Waals surface area contributed by atoms with Gasteiger partial charge in [0.25, 0.3) is 0 Å². The number of rotatable bonds is 3. The Balaban J connectivity index is 2.92. The van der Waals surface area contributed by atoms with Crippen LogP contribution in [0.1, 0.15) is 12.5 Å². The van der Waals surface area contributed by atoms with E-state index in [4.69, 9.17) is 28.7 Å². The van der Waals surface area contributed by atoms with E-state index >= 15 is 0 Å². The van der Waals surface area contributed by atoms with Gasteiger partial charge < -0.3 is 28.7 Å². The zero-order chi connectivity index (χ0) is 15.1. The molecule has 9 nitrogen and oxygen atoms in total. The molecule has 0 unspecified atom stereocenters. The van der Waals surface area contributed by atoms with Crippen LogP contribution in [0.4, 0.5) is 5.69 Å². The van der Waals surface area contributed by atoms with Crippen LogP contribution in [-0.4, -0.2) is 23.6 Å². The number of hydrogen-bond acceptors (Lipinski definition) is 3. The summed E-state index contributed by atoms with van der Waals surface area (Å²) < 4.78 is 0. The molecule has 0 saturated carbocycles. The van der Waals surface area contributed by atoms with Gasteiger partial charge in [-0.3, -0.25) is 0 Å². The number of hydrogen-bond donors (Lipinski definition) is 5. The van der Waals surface area contributed by atoms with Gasteiger partial charge in [-0.1, -0.05) is 12.1 Å². The third-order valence-electron chi connectivity index (χ3n) is 2.09. The van der Waals surface area contributed by atoms with Crippen LogP contribution >= 0.6 is 0 Å². The Morgan fingerprint density at radius 1 is 0.850 bits per heavy atom. The van der Waals surface area contributed by atoms with E-state index in [0.717, 1.165) is 5.56 Å². The molecule has 0 aromatic heterocycles. The van der Waals surface area contributed by atoms with Gasteiger partial charge in [-0.15, -0.1) is 5.10 Å². The first-order valence-corrected chi connectivity index (χ1v) is 5.56. The molecule has 10 N–H and O–H groups in total. The molecule has 9 heteroatoms. The van der Waals surface area contributed by atoms with Crippen LogP contribution in [-0.2, 0) is 0 Å². The molecule has 1 rings (SSSR count). The second-order valence-corrected chi connectivity index (χ2v) is 3.76. The van der Waals surface area contributed by atoms with E-state index in [1.807, 2.05) is 0 Å². The normalized spacial score (nSPS) is 11.8. The molecule has 0 amide bonds. The quantitative estimate of drug-likeness (QED) is 0.266. The van der Waals surface area contributed by atoms with Gasteiger partial charge in [0, 0.05) is 0 Å². The van der Waals surface area contributed by atoms with E-state index in [9.17, 15) is 0 Å². The van der Waals surface area contributed by atoms with Crippen molar-refractivity contribution < 1.29 is 0 Å². The van der Waals surface area contributed by atoms with E-state index < -0.39 is 0 Å². The third-order valence-corrected chi connectivity index (χ3v) is 2.09. The molecule has 0 atom stereocenters. The van der Waals surface area contributed by atoms with Crippen LogP contribution in [0.25, 0.3) is 0 Å². The highest BCUT2D eigenvalue weighted by Gasteiger charge is 1.98. The number of nitrogens with zero attached hydrogens (tertiary/aromatic N) is 4. The number of benzene rings is 1. The highest BCUT2D eigenvalue weighted by Crippen LogP contribution is 2.13. The molecular formula is C11H17N9. The summed E-state index contributed by atoms with van der Waals surface area (Å²) in [7, 11) is 0. The van der Waals surface area contributed by atoms with Gasteiger partial charge in [0.2, 0.25) is 11.9 Å². The fourth-order valence-corrected chi connectivity index (χ4v) is 1.26. The maximum atomic E-state index is 5.52. The molecule has 0 spiro atoms. The fraction of sp³-hybridized carbons (Fsp3) is 0.0909. The predicted octanol–water partition coefficient (Wildman–Crippen LogP) is -1.10. The number of nitrogens with two attached hydrogens (primary N) is 5. The first-order chi connectivity index (χ1) is 9.38. The molecule has 0 bridgehead atoms. The fourth-order valence-electron chi connectivity index (χ4n) is 1.26. The lowest BCUT2D eigenvalue weighted by Gasteiger charge is -2.00. The van der Waals surface area contributed by atoms with E-state index in [0.29, 0.717) is 11.4 Å². The molecule has 0 aliphatic carbocycles. The predicted molar refractivity (Wildman–Crippen MR) is 81.6 cm³/mol. The van der Waals surface area contributed by atoms with Crippen LogP contribution in [0.3, 0.4) is 0 Å². The van der Waals surface area contributed by atoms with Crippen molar-refractivity contribution in [3.8, 4) is 0 Å². The largest absolute Gasteiger partial charge is 0.370 e. The first kappa shape index (κ1) is 15.0. The van der Waals surface area contributed by atoms with Crippen LogP contribution in [0.15, 0.2) is 44.5 Å². The van der Waals surface area contributed by atoms with Gasteiger partial charge in [-0.05, 0) is 24.6 Å². The summed E-state index contributed by atoms with van der Waals surface area (Å²) in [6, 6.07) is 7.06. The molecule has 106 valence electrons. The van der Waals surface area contributed by atoms with Gasteiger partial charge in [0.15, 0.2) is 5.96 Å². The van der Waals surface area contributed by atoms with Gasteiger partial charge in [0.05, 0.1) is 11.4 Å². The summed E-state index contributed by atoms with van der Waals surface area (Å²) >= 11 is 0. The molecular weight excluding hydrogens is 258 g/mol. The highest BCUT2D eigenvalue weighted by atomic mass is 15.3. The Bertz CT molecular complexity index is 572. The van der Waals surface area contributed by atoms with Gasteiger partial charge in [-0.2, -0.15) is 10.1 Å². The van der Waals surface area contributed by atoms with Gasteiger partial charge in [-0.25, -0.2) is 4.99 Å². The molecule has 1 aromatic rings. The van der Waals surface area contributed by atoms with Crippen molar-refractivity contribution in [3.63, 3.8) is 0 Å². The molecule has 0 saturated heterocycles. The highest BCUT2D eigenvalue weighted by molar-refractivity contribution is 5.99. The van der Waals surface area contributed by atoms with Crippen molar-refractivity contribution in [2.75, 3.05) is 0 Å². The van der Waals surface area contributed by atoms with Crippen LogP contribution in [0.5, 0.6) is 0 Å². The summed E-state index contributed by atoms with van der Waals surface area (Å²) in [5.41, 5.74) is 28.4. The molecule has 0 heterocycles. The summed E-state index contributed by atoms with van der Waals surface area (Å²) in [6.45, 7) is 1.78. The van der Waals surface area contributed by atoms with Crippen LogP contribution < -0.4 is 28.7 Å². The molecule has 0 aliphatic rings. The lowest BCUT2D eigenvalue weighted by atomic mass is 10.1. The van der Waals surface area contributed by atoms with Crippen molar-refractivity contribution in [1.82, 2.24) is 0 Å². The maximum Gasteiger partial charge on any atom is 0.223 e. The summed E-state index contributed by atoms with van der Waals surface area (Å²) in [4.78, 5) is 7.62. The van der Waals surface area contributed by atoms with E-state index in [2.05, 4.69) is 20.2 Å². The van der Waals surface area contributed by atoms with E-state index in [-0.39, 0.29) is 17.9 Å². The molecule has 0 aliphatic heterocycles. The lowest BCUT2D eigenvalue weighted by molar-refractivity contribution is 1.19. The van der Waals surface area contributed by atoms with Crippen LogP contribution in [0, 0.1) is 0 Å². The van der Waals surface area contributed by atoms with E-state index in [1.165, 1.54) is 0 Å². The minimum absolute atomic E-state index is 0.0244. The number of guanidine groups is 3. The standard InChI is InChI=1S/C11H17N9/c1-6(19-20-10(14)15)7-2-4-8(5-3-7)17-11(16)18-9(12)13/h2-5H,1H3,(H4,14,15,20)(H6,12,13,16,17,18)/b19-6-. The smallest absolute Gasteiger partial charge is 0.223 e. The minimum Gasteiger partial charge on any atom is -0.370 e. The molecule has 0 fully saturated rings. The van der Waals surface area contributed by atoms with Gasteiger partial charge in [0.1, 0.15) is 0 Å². The molecule has 20 heavy (non-hydrogen) atoms. The maximum absolute atomic E-state index is 5.52. The van der Waals surface area contributed by atoms with Crippen molar-refractivity contribution in [2.24, 2.45) is 48.9 Å². The lowest BCUT2D eigenvalue weighted by Crippen LogP contribution is -2.26. The summed E-state index contributed by atoms with van der Waals surface area (Å²) in [5.74, 6) is -0.276. The Hall–Kier alpha value is -3.10. The minimum atomic E-state index is -0.150. The molecule has 0 radical (unpaired) electrons. The van der Waals surface area contributed by atoms with Crippen molar-refractivity contribution in [3.05, 3.63) is 29.8 Å². The second kappa shape index (κ2) is 6.73. The summed E-state index contributed by atoms with van der Waals surface area (Å²) in [5, 5.41) is 7.43. The Morgan fingerprint density at radius 2 is 1.45 bits per heavy atom. The Morgan fingerprint density at radius 3 is 1.95 bits per heavy atom. The summed E-state index contributed by atoms with van der Waals surface area (Å²) in [6.07, 6.45) is 0. The zero-order valence-corrected chi connectivity index (χ0v) is 11.0. The average molecular weight is 275 g/mol. The van der Waals surface area contributed by atoms with Crippen molar-refractivity contribution in [1.29, 1.82) is 0 Å². The van der Waals surface area contributed by atoms with Crippen molar-refractivity contribution in [2.45, 2.75) is 6.92 Å². The Kier molecular flexibility index (Phi) is 5.03. The monoisotopic (exact) mass is 275 g/mol. The second-order valence-electron chi connectivity index (χ2n) is 3.76. The van der Waals surface area contributed by atoms with Crippen LogP contribution in [0.2, 0.25) is 0 Å². The third kappa shape index (κ3) is 5.04. The van der Waals surface area contributed by atoms with E-state index in [1.54, 1.807) is 31.2 Å². The topological polar surface area (TPSA) is 180 Å².